The highest BCUT2D eigenvalue weighted by Crippen LogP contribution is 2.37. The van der Waals surface area contributed by atoms with Crippen molar-refractivity contribution in [1.29, 1.82) is 0 Å². The SMILES string of the molecule is CC1Cc2ccccc2N1c1nccc(C(=O)Nc2ccccc2C(F)(F)F)n1. The van der Waals surface area contributed by atoms with E-state index < -0.39 is 17.6 Å². The van der Waals surface area contributed by atoms with E-state index in [-0.39, 0.29) is 17.4 Å². The Kier molecular flexibility index (Phi) is 4.70. The molecule has 1 aliphatic heterocycles. The highest BCUT2D eigenvalue weighted by molar-refractivity contribution is 6.03. The summed E-state index contributed by atoms with van der Waals surface area (Å²) in [5.74, 6) is -0.398. The maximum Gasteiger partial charge on any atom is 0.418 e. The molecule has 5 nitrogen and oxygen atoms in total. The molecule has 4 rings (SSSR count). The van der Waals surface area contributed by atoms with Crippen LogP contribution in [0.3, 0.4) is 0 Å². The third-order valence-corrected chi connectivity index (χ3v) is 4.78. The van der Waals surface area contributed by atoms with Gasteiger partial charge in [-0.15, -0.1) is 0 Å². The Morgan fingerprint density at radius 1 is 1.10 bits per heavy atom. The first-order valence-electron chi connectivity index (χ1n) is 9.02. The van der Waals surface area contributed by atoms with E-state index in [0.29, 0.717) is 5.95 Å². The smallest absolute Gasteiger partial charge is 0.320 e. The van der Waals surface area contributed by atoms with Crippen LogP contribution in [-0.4, -0.2) is 21.9 Å². The number of rotatable bonds is 3. The Hall–Kier alpha value is -3.42. The minimum atomic E-state index is -4.57. The molecule has 29 heavy (non-hydrogen) atoms. The molecule has 1 atom stereocenters. The molecule has 0 bridgehead atoms. The molecule has 1 N–H and O–H groups in total. The molecule has 1 amide bonds. The minimum Gasteiger partial charge on any atom is -0.320 e. The third kappa shape index (κ3) is 3.65. The molecular weight excluding hydrogens is 381 g/mol. The molecule has 0 saturated heterocycles. The molecule has 1 unspecified atom stereocenters. The molecule has 2 aromatic carbocycles. The Bertz CT molecular complexity index is 1070. The van der Waals surface area contributed by atoms with E-state index in [1.807, 2.05) is 36.1 Å². The third-order valence-electron chi connectivity index (χ3n) is 4.78. The van der Waals surface area contributed by atoms with Gasteiger partial charge in [-0.25, -0.2) is 9.97 Å². The monoisotopic (exact) mass is 398 g/mol. The van der Waals surface area contributed by atoms with Gasteiger partial charge in [-0.05, 0) is 43.2 Å². The van der Waals surface area contributed by atoms with Gasteiger partial charge in [0.2, 0.25) is 5.95 Å². The number of benzene rings is 2. The molecule has 1 aliphatic rings. The minimum absolute atomic E-state index is 0.0106. The number of carbonyl (C=O) groups excluding carboxylic acids is 1. The normalized spacial score (nSPS) is 15.9. The number of fused-ring (bicyclic) bond motifs is 1. The molecule has 8 heteroatoms. The van der Waals surface area contributed by atoms with Gasteiger partial charge >= 0.3 is 6.18 Å². The fraction of sp³-hybridized carbons (Fsp3) is 0.190. The average molecular weight is 398 g/mol. The molecule has 0 saturated carbocycles. The van der Waals surface area contributed by atoms with Crippen molar-refractivity contribution < 1.29 is 18.0 Å². The summed E-state index contributed by atoms with van der Waals surface area (Å²) in [6.45, 7) is 2.02. The summed E-state index contributed by atoms with van der Waals surface area (Å²) in [6, 6.07) is 14.1. The van der Waals surface area contributed by atoms with E-state index in [0.717, 1.165) is 23.7 Å². The van der Waals surface area contributed by atoms with Crippen LogP contribution in [0.2, 0.25) is 0 Å². The highest BCUT2D eigenvalue weighted by Gasteiger charge is 2.34. The van der Waals surface area contributed by atoms with Gasteiger partial charge in [0.25, 0.3) is 5.91 Å². The number of amides is 1. The van der Waals surface area contributed by atoms with Gasteiger partial charge in [0.15, 0.2) is 0 Å². The van der Waals surface area contributed by atoms with Crippen LogP contribution < -0.4 is 10.2 Å². The predicted molar refractivity (Wildman–Crippen MR) is 103 cm³/mol. The quantitative estimate of drug-likeness (QED) is 0.687. The summed E-state index contributed by atoms with van der Waals surface area (Å²) in [5, 5.41) is 2.31. The number of alkyl halides is 3. The number of anilines is 3. The van der Waals surface area contributed by atoms with E-state index in [4.69, 9.17) is 0 Å². The van der Waals surface area contributed by atoms with Crippen molar-refractivity contribution in [2.75, 3.05) is 10.2 Å². The van der Waals surface area contributed by atoms with Gasteiger partial charge in [0.1, 0.15) is 5.69 Å². The summed E-state index contributed by atoms with van der Waals surface area (Å²) >= 11 is 0. The molecule has 1 aromatic heterocycles. The van der Waals surface area contributed by atoms with Crippen LogP contribution >= 0.6 is 0 Å². The molecule has 2 heterocycles. The van der Waals surface area contributed by atoms with Crippen LogP contribution in [0.1, 0.15) is 28.5 Å². The Labute approximate surface area is 165 Å². The number of halogens is 3. The van der Waals surface area contributed by atoms with Crippen molar-refractivity contribution >= 4 is 23.2 Å². The number of hydrogen-bond acceptors (Lipinski definition) is 4. The first kappa shape index (κ1) is 18.9. The first-order chi connectivity index (χ1) is 13.8. The molecule has 0 spiro atoms. The molecule has 0 radical (unpaired) electrons. The van der Waals surface area contributed by atoms with Crippen LogP contribution in [0.5, 0.6) is 0 Å². The van der Waals surface area contributed by atoms with Gasteiger partial charge in [-0.3, -0.25) is 4.79 Å². The Balaban J connectivity index is 1.63. The largest absolute Gasteiger partial charge is 0.418 e. The number of para-hydroxylation sites is 2. The number of aromatic nitrogens is 2. The molecule has 3 aromatic rings. The molecule has 0 fully saturated rings. The second-order valence-electron chi connectivity index (χ2n) is 6.79. The number of carbonyl (C=O) groups is 1. The van der Waals surface area contributed by atoms with E-state index in [2.05, 4.69) is 15.3 Å². The zero-order valence-corrected chi connectivity index (χ0v) is 15.4. The van der Waals surface area contributed by atoms with Gasteiger partial charge in [-0.2, -0.15) is 13.2 Å². The van der Waals surface area contributed by atoms with Crippen molar-refractivity contribution in [3.05, 3.63) is 77.6 Å². The predicted octanol–water partition coefficient (Wildman–Crippen LogP) is 4.83. The van der Waals surface area contributed by atoms with Crippen molar-refractivity contribution in [3.63, 3.8) is 0 Å². The van der Waals surface area contributed by atoms with E-state index in [1.54, 1.807) is 0 Å². The van der Waals surface area contributed by atoms with Gasteiger partial charge in [0, 0.05) is 17.9 Å². The zero-order chi connectivity index (χ0) is 20.6. The summed E-state index contributed by atoms with van der Waals surface area (Å²) in [5.41, 5.74) is 0.871. The average Bonchev–Trinajstić information content (AvgIpc) is 3.03. The number of nitrogens with one attached hydrogen (secondary N) is 1. The van der Waals surface area contributed by atoms with Crippen LogP contribution in [-0.2, 0) is 12.6 Å². The van der Waals surface area contributed by atoms with Crippen LogP contribution in [0.4, 0.5) is 30.5 Å². The zero-order valence-electron chi connectivity index (χ0n) is 15.4. The summed E-state index contributed by atoms with van der Waals surface area (Å²) in [7, 11) is 0. The molecular formula is C21H17F3N4O. The second-order valence-corrected chi connectivity index (χ2v) is 6.79. The maximum atomic E-state index is 13.2. The number of hydrogen-bond donors (Lipinski definition) is 1. The van der Waals surface area contributed by atoms with Crippen LogP contribution in [0.15, 0.2) is 60.8 Å². The van der Waals surface area contributed by atoms with Crippen LogP contribution in [0, 0.1) is 0 Å². The van der Waals surface area contributed by atoms with Crippen molar-refractivity contribution in [1.82, 2.24) is 9.97 Å². The first-order valence-corrected chi connectivity index (χ1v) is 9.02. The maximum absolute atomic E-state index is 13.2. The lowest BCUT2D eigenvalue weighted by Gasteiger charge is -2.22. The van der Waals surface area contributed by atoms with Crippen molar-refractivity contribution in [2.45, 2.75) is 25.6 Å². The lowest BCUT2D eigenvalue weighted by Crippen LogP contribution is -2.27. The van der Waals surface area contributed by atoms with E-state index >= 15 is 0 Å². The summed E-state index contributed by atoms with van der Waals surface area (Å²) in [6.07, 6.45) is -2.33. The number of nitrogens with zero attached hydrogens (tertiary/aromatic N) is 3. The van der Waals surface area contributed by atoms with E-state index in [9.17, 15) is 18.0 Å². The van der Waals surface area contributed by atoms with Crippen molar-refractivity contribution in [3.8, 4) is 0 Å². The topological polar surface area (TPSA) is 58.1 Å². The molecule has 148 valence electrons. The lowest BCUT2D eigenvalue weighted by atomic mass is 10.1. The summed E-state index contributed by atoms with van der Waals surface area (Å²) < 4.78 is 39.5. The van der Waals surface area contributed by atoms with Gasteiger partial charge in [0.05, 0.1) is 11.3 Å². The Morgan fingerprint density at radius 3 is 2.62 bits per heavy atom. The highest BCUT2D eigenvalue weighted by atomic mass is 19.4. The van der Waals surface area contributed by atoms with Crippen LogP contribution in [0.25, 0.3) is 0 Å². The Morgan fingerprint density at radius 2 is 1.83 bits per heavy atom. The van der Waals surface area contributed by atoms with Gasteiger partial charge < -0.3 is 10.2 Å². The van der Waals surface area contributed by atoms with E-state index in [1.165, 1.54) is 30.5 Å². The standard InChI is InChI=1S/C21H17F3N4O/c1-13-12-14-6-2-5-9-18(14)28(13)20-25-11-10-17(27-20)19(29)26-16-8-4-3-7-15(16)21(22,23)24/h2-11,13H,12H2,1H3,(H,26,29). The van der Waals surface area contributed by atoms with Gasteiger partial charge in [-0.1, -0.05) is 30.3 Å². The lowest BCUT2D eigenvalue weighted by molar-refractivity contribution is -0.136. The van der Waals surface area contributed by atoms with Crippen molar-refractivity contribution in [2.24, 2.45) is 0 Å². The fourth-order valence-corrected chi connectivity index (χ4v) is 3.49. The second kappa shape index (κ2) is 7.20. The summed E-state index contributed by atoms with van der Waals surface area (Å²) in [4.78, 5) is 23.1. The fourth-order valence-electron chi connectivity index (χ4n) is 3.49. The molecule has 0 aliphatic carbocycles.